The van der Waals surface area contributed by atoms with Crippen LogP contribution in [0, 0.1) is 11.3 Å². The second-order valence-corrected chi connectivity index (χ2v) is 6.10. The molecule has 0 spiro atoms. The fraction of sp³-hybridized carbons (Fsp3) is 0.278. The highest BCUT2D eigenvalue weighted by Crippen LogP contribution is 2.18. The average Bonchev–Trinajstić information content (AvgIpc) is 3.06. The molecule has 0 radical (unpaired) electrons. The van der Waals surface area contributed by atoms with Crippen molar-refractivity contribution in [1.29, 1.82) is 5.26 Å². The maximum atomic E-state index is 12.4. The maximum Gasteiger partial charge on any atom is 0.227 e. The number of carbonyl (C=O) groups is 1. The summed E-state index contributed by atoms with van der Waals surface area (Å²) in [4.78, 5) is 18.3. The minimum atomic E-state index is -0.0967. The van der Waals surface area contributed by atoms with Gasteiger partial charge in [0.25, 0.3) is 0 Å². The third kappa shape index (κ3) is 4.03. The van der Waals surface area contributed by atoms with E-state index in [2.05, 4.69) is 11.1 Å². The third-order valence-corrected chi connectivity index (χ3v) is 4.17. The molecule has 122 valence electrons. The summed E-state index contributed by atoms with van der Waals surface area (Å²) in [6, 6.07) is 12.6. The van der Waals surface area contributed by atoms with Crippen LogP contribution in [0.2, 0.25) is 5.02 Å². The quantitative estimate of drug-likeness (QED) is 0.857. The Labute approximate surface area is 145 Å². The number of ether oxygens (including phenoxy) is 1. The van der Waals surface area contributed by atoms with Crippen molar-refractivity contribution in [3.8, 4) is 11.9 Å². The Morgan fingerprint density at radius 3 is 2.92 bits per heavy atom. The molecule has 1 unspecified atom stereocenters. The summed E-state index contributed by atoms with van der Waals surface area (Å²) in [7, 11) is 0. The molecule has 2 heterocycles. The molecule has 1 fully saturated rings. The molecule has 6 heteroatoms. The lowest BCUT2D eigenvalue weighted by atomic mass is 10.1. The largest absolute Gasteiger partial charge is 0.472 e. The normalized spacial score (nSPS) is 16.7. The number of benzene rings is 1. The molecule has 0 bridgehead atoms. The zero-order valence-corrected chi connectivity index (χ0v) is 13.7. The van der Waals surface area contributed by atoms with Crippen LogP contribution in [-0.2, 0) is 11.2 Å². The van der Waals surface area contributed by atoms with Crippen LogP contribution in [0.1, 0.15) is 17.5 Å². The molecule has 1 amide bonds. The van der Waals surface area contributed by atoms with Gasteiger partial charge in [0.2, 0.25) is 11.8 Å². The highest BCUT2D eigenvalue weighted by molar-refractivity contribution is 6.30. The van der Waals surface area contributed by atoms with E-state index >= 15 is 0 Å². The van der Waals surface area contributed by atoms with E-state index in [4.69, 9.17) is 21.6 Å². The highest BCUT2D eigenvalue weighted by Gasteiger charge is 2.27. The van der Waals surface area contributed by atoms with Crippen molar-refractivity contribution in [3.63, 3.8) is 0 Å². The molecule has 0 saturated carbocycles. The van der Waals surface area contributed by atoms with E-state index in [1.807, 2.05) is 12.1 Å². The molecule has 1 aliphatic heterocycles. The zero-order chi connectivity index (χ0) is 16.9. The van der Waals surface area contributed by atoms with E-state index in [-0.39, 0.29) is 12.0 Å². The van der Waals surface area contributed by atoms with Gasteiger partial charge in [-0.1, -0.05) is 23.7 Å². The second-order valence-electron chi connectivity index (χ2n) is 5.67. The van der Waals surface area contributed by atoms with Gasteiger partial charge in [-0.3, -0.25) is 4.79 Å². The van der Waals surface area contributed by atoms with E-state index in [0.717, 1.165) is 12.0 Å². The summed E-state index contributed by atoms with van der Waals surface area (Å²) in [6.07, 6.45) is 2.56. The number of aromatic nitrogens is 1. The molecule has 1 aliphatic rings. The van der Waals surface area contributed by atoms with Crippen LogP contribution >= 0.6 is 11.6 Å². The first-order chi connectivity index (χ1) is 11.6. The van der Waals surface area contributed by atoms with Gasteiger partial charge in [-0.2, -0.15) is 5.26 Å². The molecular weight excluding hydrogens is 326 g/mol. The summed E-state index contributed by atoms with van der Waals surface area (Å²) >= 11 is 5.86. The number of nitriles is 1. The van der Waals surface area contributed by atoms with E-state index in [1.54, 1.807) is 35.4 Å². The van der Waals surface area contributed by atoms with E-state index < -0.39 is 0 Å². The van der Waals surface area contributed by atoms with Gasteiger partial charge in [0.05, 0.1) is 24.6 Å². The number of carbonyl (C=O) groups excluding carboxylic acids is 1. The maximum absolute atomic E-state index is 12.4. The van der Waals surface area contributed by atoms with Crippen molar-refractivity contribution in [2.45, 2.75) is 18.9 Å². The minimum absolute atomic E-state index is 0.0714. The van der Waals surface area contributed by atoms with Crippen molar-refractivity contribution in [3.05, 3.63) is 58.7 Å². The molecule has 2 aromatic rings. The average molecular weight is 342 g/mol. The molecule has 1 atom stereocenters. The highest BCUT2D eigenvalue weighted by atomic mass is 35.5. The second kappa shape index (κ2) is 7.33. The summed E-state index contributed by atoms with van der Waals surface area (Å²) in [5, 5.41) is 9.56. The van der Waals surface area contributed by atoms with Crippen molar-refractivity contribution < 1.29 is 9.53 Å². The van der Waals surface area contributed by atoms with Crippen molar-refractivity contribution >= 4 is 17.5 Å². The molecule has 5 nitrogen and oxygen atoms in total. The molecule has 1 aromatic heterocycles. The molecule has 0 aliphatic carbocycles. The van der Waals surface area contributed by atoms with Crippen molar-refractivity contribution in [1.82, 2.24) is 9.88 Å². The predicted molar refractivity (Wildman–Crippen MR) is 89.7 cm³/mol. The summed E-state index contributed by atoms with van der Waals surface area (Å²) in [5.41, 5.74) is 1.45. The smallest absolute Gasteiger partial charge is 0.227 e. The summed E-state index contributed by atoms with van der Waals surface area (Å²) < 4.78 is 5.79. The lowest BCUT2D eigenvalue weighted by Crippen LogP contribution is -2.32. The topological polar surface area (TPSA) is 66.2 Å². The Morgan fingerprint density at radius 2 is 2.17 bits per heavy atom. The van der Waals surface area contributed by atoms with Gasteiger partial charge in [0.1, 0.15) is 6.10 Å². The fourth-order valence-corrected chi connectivity index (χ4v) is 2.78. The van der Waals surface area contributed by atoms with Gasteiger partial charge < -0.3 is 9.64 Å². The lowest BCUT2D eigenvalue weighted by molar-refractivity contribution is -0.129. The van der Waals surface area contributed by atoms with Gasteiger partial charge >= 0.3 is 0 Å². The molecule has 1 saturated heterocycles. The number of hydrogen-bond acceptors (Lipinski definition) is 4. The summed E-state index contributed by atoms with van der Waals surface area (Å²) in [5.74, 6) is 0.494. The van der Waals surface area contributed by atoms with Gasteiger partial charge in [-0.15, -0.1) is 0 Å². The number of nitrogens with zero attached hydrogens (tertiary/aromatic N) is 3. The molecule has 24 heavy (non-hydrogen) atoms. The van der Waals surface area contributed by atoms with Crippen molar-refractivity contribution in [2.24, 2.45) is 0 Å². The molecule has 1 aromatic carbocycles. The number of hydrogen-bond donors (Lipinski definition) is 0. The Hall–Kier alpha value is -2.58. The Balaban J connectivity index is 1.55. The summed E-state index contributed by atoms with van der Waals surface area (Å²) in [6.45, 7) is 1.19. The van der Waals surface area contributed by atoms with Crippen LogP contribution in [0.3, 0.4) is 0 Å². The zero-order valence-electron chi connectivity index (χ0n) is 13.0. The monoisotopic (exact) mass is 341 g/mol. The SMILES string of the molecule is N#Cc1ccnc(OC2CCN(C(=O)Cc3ccc(Cl)cc3)C2)c1. The van der Waals surface area contributed by atoms with Gasteiger partial charge in [-0.05, 0) is 23.8 Å². The van der Waals surface area contributed by atoms with Crippen LogP contribution in [0.5, 0.6) is 5.88 Å². The molecule has 0 N–H and O–H groups in total. The Kier molecular flexibility index (Phi) is 4.97. The minimum Gasteiger partial charge on any atom is -0.472 e. The number of halogens is 1. The lowest BCUT2D eigenvalue weighted by Gasteiger charge is -2.17. The van der Waals surface area contributed by atoms with Crippen LogP contribution in [0.25, 0.3) is 0 Å². The first-order valence-corrected chi connectivity index (χ1v) is 8.07. The van der Waals surface area contributed by atoms with Gasteiger partial charge in [-0.25, -0.2) is 4.98 Å². The first-order valence-electron chi connectivity index (χ1n) is 7.69. The van der Waals surface area contributed by atoms with Gasteiger partial charge in [0, 0.05) is 30.3 Å². The Bertz CT molecular complexity index is 771. The number of rotatable bonds is 4. The predicted octanol–water partition coefficient (Wildman–Crippen LogP) is 2.83. The van der Waals surface area contributed by atoms with E-state index in [1.165, 1.54) is 0 Å². The van der Waals surface area contributed by atoms with E-state index in [9.17, 15) is 4.79 Å². The van der Waals surface area contributed by atoms with Gasteiger partial charge in [0.15, 0.2) is 0 Å². The Morgan fingerprint density at radius 1 is 1.38 bits per heavy atom. The molecular formula is C18H16ClN3O2. The van der Waals surface area contributed by atoms with Crippen LogP contribution in [0.15, 0.2) is 42.6 Å². The number of pyridine rings is 1. The number of likely N-dealkylation sites (tertiary alicyclic amines) is 1. The van der Waals surface area contributed by atoms with Crippen LogP contribution < -0.4 is 4.74 Å². The molecule has 3 rings (SSSR count). The van der Waals surface area contributed by atoms with Crippen LogP contribution in [0.4, 0.5) is 0 Å². The number of amides is 1. The van der Waals surface area contributed by atoms with E-state index in [0.29, 0.717) is 36.0 Å². The standard InChI is InChI=1S/C18H16ClN3O2/c19-15-3-1-13(2-4-15)10-18(23)22-8-6-16(12-22)24-17-9-14(11-20)5-7-21-17/h1-5,7,9,16H,6,8,10,12H2. The third-order valence-electron chi connectivity index (χ3n) is 3.92. The van der Waals surface area contributed by atoms with Crippen LogP contribution in [-0.4, -0.2) is 35.0 Å². The first kappa shape index (κ1) is 16.3. The van der Waals surface area contributed by atoms with Crippen molar-refractivity contribution in [2.75, 3.05) is 13.1 Å². The fourth-order valence-electron chi connectivity index (χ4n) is 2.65.